The van der Waals surface area contributed by atoms with E-state index >= 15 is 0 Å². The molecule has 1 aliphatic carbocycles. The van der Waals surface area contributed by atoms with Crippen LogP contribution >= 0.6 is 11.3 Å². The summed E-state index contributed by atoms with van der Waals surface area (Å²) < 4.78 is 29.6. The highest BCUT2D eigenvalue weighted by atomic mass is 32.2. The van der Waals surface area contributed by atoms with Gasteiger partial charge < -0.3 is 10.1 Å². The van der Waals surface area contributed by atoms with E-state index < -0.39 is 27.7 Å². The molecule has 2 aromatic rings. The molecule has 33 heavy (non-hydrogen) atoms. The Labute approximate surface area is 197 Å². The van der Waals surface area contributed by atoms with E-state index in [1.165, 1.54) is 11.3 Å². The van der Waals surface area contributed by atoms with E-state index in [9.17, 15) is 22.8 Å². The number of rotatable bonds is 8. The molecule has 10 heteroatoms. The molecular weight excluding hydrogens is 464 g/mol. The monoisotopic (exact) mass is 492 g/mol. The summed E-state index contributed by atoms with van der Waals surface area (Å²) in [6.45, 7) is 3.88. The second-order valence-corrected chi connectivity index (χ2v) is 11.4. The van der Waals surface area contributed by atoms with Crippen LogP contribution in [0.2, 0.25) is 0 Å². The highest BCUT2D eigenvalue weighted by Crippen LogP contribution is 2.39. The summed E-state index contributed by atoms with van der Waals surface area (Å²) in [5.74, 6) is -1.13. The molecule has 1 aromatic heterocycles. The number of benzene rings is 1. The number of hydrogen-bond donors (Lipinski definition) is 2. The number of nitrogens with one attached hydrogen (secondary N) is 2. The number of fused-ring (bicyclic) bond motifs is 1. The van der Waals surface area contributed by atoms with Gasteiger partial charge in [-0.05, 0) is 43.2 Å². The van der Waals surface area contributed by atoms with Crippen molar-refractivity contribution in [1.82, 2.24) is 5.32 Å². The molecule has 3 rings (SSSR count). The van der Waals surface area contributed by atoms with E-state index in [0.29, 0.717) is 22.9 Å². The molecule has 0 radical (unpaired) electrons. The summed E-state index contributed by atoms with van der Waals surface area (Å²) in [5, 5.41) is 5.24. The first kappa shape index (κ1) is 24.9. The molecule has 2 N–H and O–H groups in total. The molecule has 0 fully saturated rings. The Morgan fingerprint density at radius 2 is 1.91 bits per heavy atom. The van der Waals surface area contributed by atoms with E-state index in [2.05, 4.69) is 17.6 Å². The third-order valence-corrected chi connectivity index (χ3v) is 8.12. The summed E-state index contributed by atoms with van der Waals surface area (Å²) in [4.78, 5) is 38.2. The normalized spacial score (nSPS) is 15.4. The van der Waals surface area contributed by atoms with Gasteiger partial charge >= 0.3 is 6.09 Å². The second kappa shape index (κ2) is 10.9. The van der Waals surface area contributed by atoms with Crippen LogP contribution in [0.3, 0.4) is 0 Å². The lowest BCUT2D eigenvalue weighted by Crippen LogP contribution is -2.32. The van der Waals surface area contributed by atoms with Gasteiger partial charge in [0.05, 0.1) is 23.7 Å². The standard InChI is InChI=1S/C23H28N2O6S2/c1-3-31-23(28)25-21(27)20-17-10-9-15(2)13-18(17)32-22(20)24-19(26)11-12-33(29,30)14-16-7-5-4-6-8-16/h4-8,15H,3,9-14H2,1-2H3,(H,24,26)(H,25,27,28). The van der Waals surface area contributed by atoms with Crippen LogP contribution in [0.1, 0.15) is 53.1 Å². The molecule has 0 bridgehead atoms. The number of anilines is 1. The third-order valence-electron chi connectivity index (χ3n) is 5.35. The average Bonchev–Trinajstić information content (AvgIpc) is 3.09. The molecule has 3 amide bonds. The van der Waals surface area contributed by atoms with Gasteiger partial charge in [-0.25, -0.2) is 13.2 Å². The van der Waals surface area contributed by atoms with Gasteiger partial charge in [0, 0.05) is 11.3 Å². The zero-order chi connectivity index (χ0) is 24.0. The summed E-state index contributed by atoms with van der Waals surface area (Å²) in [5.41, 5.74) is 1.75. The van der Waals surface area contributed by atoms with Gasteiger partial charge in [0.2, 0.25) is 5.91 Å². The average molecular weight is 493 g/mol. The number of imide groups is 1. The van der Waals surface area contributed by atoms with Crippen LogP contribution < -0.4 is 10.6 Å². The molecule has 1 unspecified atom stereocenters. The maximum Gasteiger partial charge on any atom is 0.414 e. The molecule has 1 aromatic carbocycles. The van der Waals surface area contributed by atoms with Gasteiger partial charge in [0.25, 0.3) is 5.91 Å². The maximum atomic E-state index is 12.8. The smallest absolute Gasteiger partial charge is 0.414 e. The van der Waals surface area contributed by atoms with Crippen molar-refractivity contribution >= 4 is 44.1 Å². The first-order valence-corrected chi connectivity index (χ1v) is 13.5. The first-order chi connectivity index (χ1) is 15.7. The minimum atomic E-state index is -3.48. The third kappa shape index (κ3) is 6.88. The van der Waals surface area contributed by atoms with Crippen molar-refractivity contribution in [3.05, 3.63) is 51.9 Å². The second-order valence-electron chi connectivity index (χ2n) is 8.11. The zero-order valence-corrected chi connectivity index (χ0v) is 20.3. The van der Waals surface area contributed by atoms with Crippen LogP contribution in [-0.2, 0) is 38.0 Å². The number of hydrogen-bond acceptors (Lipinski definition) is 7. The van der Waals surface area contributed by atoms with E-state index in [0.717, 1.165) is 23.3 Å². The Bertz CT molecular complexity index is 1130. The van der Waals surface area contributed by atoms with Crippen molar-refractivity contribution in [1.29, 1.82) is 0 Å². The Hall–Kier alpha value is -2.72. The quantitative estimate of drug-likeness (QED) is 0.580. The molecule has 0 saturated heterocycles. The molecule has 1 aliphatic rings. The van der Waals surface area contributed by atoms with Crippen LogP contribution in [0.15, 0.2) is 30.3 Å². The van der Waals surface area contributed by atoms with Gasteiger partial charge in [-0.2, -0.15) is 0 Å². The number of amides is 3. The number of thiophene rings is 1. The van der Waals surface area contributed by atoms with E-state index in [1.54, 1.807) is 37.3 Å². The van der Waals surface area contributed by atoms with Crippen LogP contribution in [0, 0.1) is 5.92 Å². The fourth-order valence-electron chi connectivity index (χ4n) is 3.74. The zero-order valence-electron chi connectivity index (χ0n) is 18.7. The lowest BCUT2D eigenvalue weighted by Gasteiger charge is -2.18. The van der Waals surface area contributed by atoms with Crippen molar-refractivity contribution in [3.63, 3.8) is 0 Å². The first-order valence-electron chi connectivity index (χ1n) is 10.8. The van der Waals surface area contributed by atoms with Crippen LogP contribution in [-0.4, -0.2) is 38.7 Å². The van der Waals surface area contributed by atoms with Crippen LogP contribution in [0.25, 0.3) is 0 Å². The molecule has 0 saturated carbocycles. The minimum Gasteiger partial charge on any atom is -0.450 e. The largest absolute Gasteiger partial charge is 0.450 e. The highest BCUT2D eigenvalue weighted by Gasteiger charge is 2.29. The van der Waals surface area contributed by atoms with Gasteiger partial charge in [0.15, 0.2) is 9.84 Å². The molecule has 178 valence electrons. The van der Waals surface area contributed by atoms with Crippen molar-refractivity contribution < 1.29 is 27.5 Å². The molecule has 1 atom stereocenters. The van der Waals surface area contributed by atoms with Crippen molar-refractivity contribution in [2.75, 3.05) is 17.7 Å². The van der Waals surface area contributed by atoms with Crippen LogP contribution in [0.4, 0.5) is 9.80 Å². The SMILES string of the molecule is CCOC(=O)NC(=O)c1c(NC(=O)CCS(=O)(=O)Cc2ccccc2)sc2c1CCC(C)C2. The van der Waals surface area contributed by atoms with Crippen molar-refractivity contribution in [3.8, 4) is 0 Å². The Balaban J connectivity index is 1.72. The van der Waals surface area contributed by atoms with Gasteiger partial charge in [-0.15, -0.1) is 11.3 Å². The fourth-order valence-corrected chi connectivity index (χ4v) is 6.50. The lowest BCUT2D eigenvalue weighted by molar-refractivity contribution is -0.115. The summed E-state index contributed by atoms with van der Waals surface area (Å²) in [6, 6.07) is 8.78. The van der Waals surface area contributed by atoms with E-state index in [1.807, 2.05) is 0 Å². The number of carbonyl (C=O) groups excluding carboxylic acids is 3. The number of alkyl carbamates (subject to hydrolysis) is 1. The number of sulfone groups is 1. The van der Waals surface area contributed by atoms with Crippen molar-refractivity contribution in [2.45, 2.75) is 45.3 Å². The summed E-state index contributed by atoms with van der Waals surface area (Å²) in [7, 11) is -3.48. The predicted molar refractivity (Wildman–Crippen MR) is 127 cm³/mol. The summed E-state index contributed by atoms with van der Waals surface area (Å²) in [6.07, 6.45) is 1.26. The minimum absolute atomic E-state index is 0.124. The number of carbonyl (C=O) groups is 3. The van der Waals surface area contributed by atoms with Crippen molar-refractivity contribution in [2.24, 2.45) is 5.92 Å². The molecule has 0 aliphatic heterocycles. The summed E-state index contributed by atoms with van der Waals surface area (Å²) >= 11 is 1.30. The van der Waals surface area contributed by atoms with Gasteiger partial charge in [0.1, 0.15) is 5.00 Å². The van der Waals surface area contributed by atoms with Crippen LogP contribution in [0.5, 0.6) is 0 Å². The maximum absolute atomic E-state index is 12.8. The predicted octanol–water partition coefficient (Wildman–Crippen LogP) is 3.70. The highest BCUT2D eigenvalue weighted by molar-refractivity contribution is 7.90. The Morgan fingerprint density at radius 3 is 2.61 bits per heavy atom. The lowest BCUT2D eigenvalue weighted by atomic mass is 9.88. The van der Waals surface area contributed by atoms with Gasteiger partial charge in [-0.3, -0.25) is 14.9 Å². The Kier molecular flexibility index (Phi) is 8.25. The van der Waals surface area contributed by atoms with E-state index in [-0.39, 0.29) is 30.1 Å². The van der Waals surface area contributed by atoms with Gasteiger partial charge in [-0.1, -0.05) is 37.3 Å². The Morgan fingerprint density at radius 1 is 1.18 bits per heavy atom. The topological polar surface area (TPSA) is 119 Å². The fraction of sp³-hybridized carbons (Fsp3) is 0.435. The number of ether oxygens (including phenoxy) is 1. The van der Waals surface area contributed by atoms with E-state index in [4.69, 9.17) is 4.74 Å². The molecular formula is C23H28N2O6S2. The molecule has 8 nitrogen and oxygen atoms in total. The molecule has 0 spiro atoms. The molecule has 1 heterocycles.